The highest BCUT2D eigenvalue weighted by Gasteiger charge is 2.07. The molecule has 0 unspecified atom stereocenters. The topological polar surface area (TPSA) is 55.6 Å². The van der Waals surface area contributed by atoms with E-state index in [-0.39, 0.29) is 0 Å². The summed E-state index contributed by atoms with van der Waals surface area (Å²) in [5.41, 5.74) is 2.47. The van der Waals surface area contributed by atoms with Gasteiger partial charge in [0.05, 0.1) is 18.0 Å². The molecule has 0 aliphatic heterocycles. The number of hydrogen-bond acceptors (Lipinski definition) is 3. The van der Waals surface area contributed by atoms with Gasteiger partial charge in [0.2, 0.25) is 0 Å². The van der Waals surface area contributed by atoms with E-state index in [1.54, 1.807) is 19.2 Å². The van der Waals surface area contributed by atoms with Crippen LogP contribution in [0.5, 0.6) is 0 Å². The van der Waals surface area contributed by atoms with Gasteiger partial charge in [-0.15, -0.1) is 0 Å². The summed E-state index contributed by atoms with van der Waals surface area (Å²) >= 11 is 3.36. The van der Waals surface area contributed by atoms with Crippen LogP contribution in [0, 0.1) is 6.92 Å². The second kappa shape index (κ2) is 4.75. The Morgan fingerprint density at radius 1 is 1.59 bits per heavy atom. The van der Waals surface area contributed by atoms with Gasteiger partial charge in [0, 0.05) is 6.20 Å². The van der Waals surface area contributed by atoms with E-state index >= 15 is 0 Å². The highest BCUT2D eigenvalue weighted by atomic mass is 79.9. The van der Waals surface area contributed by atoms with E-state index in [1.165, 1.54) is 0 Å². The van der Waals surface area contributed by atoms with E-state index in [2.05, 4.69) is 26.2 Å². The summed E-state index contributed by atoms with van der Waals surface area (Å²) < 4.78 is 7.50. The molecule has 2 aromatic rings. The van der Waals surface area contributed by atoms with Crippen molar-refractivity contribution in [3.05, 3.63) is 28.6 Å². The molecule has 2 aromatic heterocycles. The van der Waals surface area contributed by atoms with Gasteiger partial charge in [-0.2, -0.15) is 0 Å². The van der Waals surface area contributed by atoms with Crippen molar-refractivity contribution in [3.63, 3.8) is 0 Å². The first-order valence-corrected chi connectivity index (χ1v) is 5.99. The first kappa shape index (κ1) is 11.9. The molecule has 2 rings (SSSR count). The number of nitrogens with zero attached hydrogens (tertiary/aromatic N) is 2. The minimum Gasteiger partial charge on any atom is -0.450 e. The Kier molecular flexibility index (Phi) is 3.33. The molecule has 0 spiro atoms. The number of pyridine rings is 1. The van der Waals surface area contributed by atoms with Crippen molar-refractivity contribution in [2.75, 3.05) is 11.9 Å². The summed E-state index contributed by atoms with van der Waals surface area (Å²) in [6.45, 7) is 4.06. The maximum atomic E-state index is 11.3. The van der Waals surface area contributed by atoms with Crippen LogP contribution in [-0.2, 0) is 4.74 Å². The predicted octanol–water partition coefficient (Wildman–Crippen LogP) is 2.97. The van der Waals surface area contributed by atoms with Crippen LogP contribution in [0.25, 0.3) is 5.65 Å². The lowest BCUT2D eigenvalue weighted by Crippen LogP contribution is -2.13. The molecule has 0 saturated carbocycles. The van der Waals surface area contributed by atoms with Crippen LogP contribution in [0.15, 0.2) is 22.9 Å². The number of carbonyl (C=O) groups is 1. The Bertz CT molecular complexity index is 565. The second-order valence-electron chi connectivity index (χ2n) is 3.48. The number of nitrogens with one attached hydrogen (secondary N) is 1. The maximum absolute atomic E-state index is 11.3. The molecule has 5 nitrogen and oxygen atoms in total. The summed E-state index contributed by atoms with van der Waals surface area (Å²) in [6.07, 6.45) is 1.35. The molecule has 0 aliphatic rings. The molecule has 0 saturated heterocycles. The number of imidazole rings is 1. The van der Waals surface area contributed by atoms with Gasteiger partial charge in [-0.3, -0.25) is 5.32 Å². The third-order valence-electron chi connectivity index (χ3n) is 2.32. The molecule has 1 N–H and O–H groups in total. The summed E-state index contributed by atoms with van der Waals surface area (Å²) in [5, 5.41) is 2.65. The summed E-state index contributed by atoms with van der Waals surface area (Å²) in [7, 11) is 0. The summed E-state index contributed by atoms with van der Waals surface area (Å²) in [4.78, 5) is 15.6. The first-order valence-electron chi connectivity index (χ1n) is 5.19. The van der Waals surface area contributed by atoms with Crippen LogP contribution >= 0.6 is 15.9 Å². The zero-order valence-corrected chi connectivity index (χ0v) is 11.1. The van der Waals surface area contributed by atoms with Crippen molar-refractivity contribution in [1.82, 2.24) is 9.38 Å². The molecule has 0 fully saturated rings. The number of aromatic nitrogens is 2. The molecule has 17 heavy (non-hydrogen) atoms. The minimum atomic E-state index is -0.455. The Balaban J connectivity index is 2.31. The third kappa shape index (κ3) is 2.41. The summed E-state index contributed by atoms with van der Waals surface area (Å²) in [6, 6.07) is 3.62. The molecule has 2 heterocycles. The number of halogens is 1. The van der Waals surface area contributed by atoms with Gasteiger partial charge >= 0.3 is 6.09 Å². The third-order valence-corrected chi connectivity index (χ3v) is 3.07. The largest absolute Gasteiger partial charge is 0.450 e. The van der Waals surface area contributed by atoms with Gasteiger partial charge in [-0.05, 0) is 41.9 Å². The van der Waals surface area contributed by atoms with Crippen LogP contribution in [0.2, 0.25) is 0 Å². The van der Waals surface area contributed by atoms with Gasteiger partial charge in [-0.25, -0.2) is 9.78 Å². The smallest absolute Gasteiger partial charge is 0.411 e. The molecular weight excluding hydrogens is 286 g/mol. The number of carbonyl (C=O) groups excluding carboxylic acids is 1. The SMILES string of the molecule is CCOC(=O)Nc1ccc2nc(Br)c(C)n2c1. The first-order chi connectivity index (χ1) is 8.11. The number of hydrogen-bond donors (Lipinski definition) is 1. The van der Waals surface area contributed by atoms with Crippen LogP contribution in [-0.4, -0.2) is 22.1 Å². The highest BCUT2D eigenvalue weighted by molar-refractivity contribution is 9.10. The van der Waals surface area contributed by atoms with Crippen LogP contribution in [0.3, 0.4) is 0 Å². The monoisotopic (exact) mass is 297 g/mol. The molecule has 6 heteroatoms. The second-order valence-corrected chi connectivity index (χ2v) is 4.23. The molecule has 0 aromatic carbocycles. The average Bonchev–Trinajstić information content (AvgIpc) is 2.56. The van der Waals surface area contributed by atoms with Crippen LogP contribution in [0.4, 0.5) is 10.5 Å². The van der Waals surface area contributed by atoms with Crippen molar-refractivity contribution in [2.45, 2.75) is 13.8 Å². The van der Waals surface area contributed by atoms with E-state index in [0.717, 1.165) is 15.9 Å². The van der Waals surface area contributed by atoms with Crippen LogP contribution in [0.1, 0.15) is 12.6 Å². The van der Waals surface area contributed by atoms with Gasteiger partial charge in [-0.1, -0.05) is 0 Å². The van der Waals surface area contributed by atoms with Crippen LogP contribution < -0.4 is 5.32 Å². The lowest BCUT2D eigenvalue weighted by atomic mass is 10.4. The normalized spacial score (nSPS) is 10.5. The maximum Gasteiger partial charge on any atom is 0.411 e. The van der Waals surface area contributed by atoms with E-state index in [4.69, 9.17) is 4.74 Å². The van der Waals surface area contributed by atoms with Crippen molar-refractivity contribution < 1.29 is 9.53 Å². The zero-order chi connectivity index (χ0) is 12.4. The molecule has 0 radical (unpaired) electrons. The number of aryl methyl sites for hydroxylation is 1. The fraction of sp³-hybridized carbons (Fsp3) is 0.273. The Hall–Kier alpha value is -1.56. The Morgan fingerprint density at radius 3 is 3.06 bits per heavy atom. The summed E-state index contributed by atoms with van der Waals surface area (Å²) in [5.74, 6) is 0. The van der Waals surface area contributed by atoms with Crippen molar-refractivity contribution in [2.24, 2.45) is 0 Å². The van der Waals surface area contributed by atoms with Gasteiger partial charge in [0.15, 0.2) is 0 Å². The quantitative estimate of drug-likeness (QED) is 0.927. The average molecular weight is 298 g/mol. The number of anilines is 1. The molecule has 0 aliphatic carbocycles. The predicted molar refractivity (Wildman–Crippen MR) is 68.3 cm³/mol. The molecule has 90 valence electrons. The fourth-order valence-corrected chi connectivity index (χ4v) is 1.87. The van der Waals surface area contributed by atoms with Crippen molar-refractivity contribution >= 4 is 33.4 Å². The minimum absolute atomic E-state index is 0.351. The Labute approximate surface area is 107 Å². The van der Waals surface area contributed by atoms with Gasteiger partial charge in [0.1, 0.15) is 10.3 Å². The molecule has 0 atom stereocenters. The van der Waals surface area contributed by atoms with E-state index in [0.29, 0.717) is 12.3 Å². The molecule has 1 amide bonds. The molecular formula is C11H12BrN3O2. The van der Waals surface area contributed by atoms with E-state index in [1.807, 2.05) is 17.4 Å². The standard InChI is InChI=1S/C11H12BrN3O2/c1-3-17-11(16)13-8-4-5-9-14-10(12)7(2)15(9)6-8/h4-6H,3H2,1-2H3,(H,13,16). The Morgan fingerprint density at radius 2 is 2.35 bits per heavy atom. The van der Waals surface area contributed by atoms with Gasteiger partial charge < -0.3 is 9.14 Å². The van der Waals surface area contributed by atoms with Crippen molar-refractivity contribution in [3.8, 4) is 0 Å². The highest BCUT2D eigenvalue weighted by Crippen LogP contribution is 2.19. The number of ether oxygens (including phenoxy) is 1. The lowest BCUT2D eigenvalue weighted by Gasteiger charge is -2.05. The number of amides is 1. The van der Waals surface area contributed by atoms with E-state index in [9.17, 15) is 4.79 Å². The van der Waals surface area contributed by atoms with Gasteiger partial charge in [0.25, 0.3) is 0 Å². The van der Waals surface area contributed by atoms with Crippen molar-refractivity contribution in [1.29, 1.82) is 0 Å². The van der Waals surface area contributed by atoms with E-state index < -0.39 is 6.09 Å². The fourth-order valence-electron chi connectivity index (χ4n) is 1.49. The molecule has 0 bridgehead atoms. The number of fused-ring (bicyclic) bond motifs is 1. The zero-order valence-electron chi connectivity index (χ0n) is 9.53. The number of rotatable bonds is 2. The lowest BCUT2D eigenvalue weighted by molar-refractivity contribution is 0.168.